The molecule has 0 spiro atoms. The van der Waals surface area contributed by atoms with Crippen molar-refractivity contribution in [3.05, 3.63) is 35.4 Å². The van der Waals surface area contributed by atoms with Crippen molar-refractivity contribution in [2.45, 2.75) is 45.1 Å². The first-order valence-corrected chi connectivity index (χ1v) is 7.21. The van der Waals surface area contributed by atoms with E-state index in [0.29, 0.717) is 24.8 Å². The minimum absolute atomic E-state index is 0.0934. The van der Waals surface area contributed by atoms with Crippen molar-refractivity contribution in [1.29, 1.82) is 0 Å². The summed E-state index contributed by atoms with van der Waals surface area (Å²) in [6.45, 7) is 2.16. The van der Waals surface area contributed by atoms with Crippen molar-refractivity contribution in [3.8, 4) is 0 Å². The Hall–Kier alpha value is -1.84. The van der Waals surface area contributed by atoms with E-state index in [1.165, 1.54) is 12.8 Å². The number of carbonyl (C=O) groups excluding carboxylic acids is 1. The number of carboxylic acids is 1. The van der Waals surface area contributed by atoms with Gasteiger partial charge in [-0.1, -0.05) is 25.5 Å². The maximum Gasteiger partial charge on any atom is 0.335 e. The molecule has 0 radical (unpaired) electrons. The predicted octanol–water partition coefficient (Wildman–Crippen LogP) is 2.62. The van der Waals surface area contributed by atoms with Crippen molar-refractivity contribution in [2.24, 2.45) is 5.92 Å². The monoisotopic (exact) mass is 275 g/mol. The fourth-order valence-electron chi connectivity index (χ4n) is 2.47. The topological polar surface area (TPSA) is 66.4 Å². The number of hydrogen-bond donors (Lipinski definition) is 2. The normalized spacial score (nSPS) is 20.4. The summed E-state index contributed by atoms with van der Waals surface area (Å²) in [6, 6.07) is 7.08. The van der Waals surface area contributed by atoms with E-state index in [1.54, 1.807) is 24.3 Å². The third-order valence-electron chi connectivity index (χ3n) is 3.77. The van der Waals surface area contributed by atoms with E-state index < -0.39 is 5.97 Å². The molecule has 1 fully saturated rings. The molecule has 1 aliphatic rings. The maximum atomic E-state index is 11.8. The fraction of sp³-hybridized carbons (Fsp3) is 0.500. The van der Waals surface area contributed by atoms with Crippen LogP contribution >= 0.6 is 0 Å². The van der Waals surface area contributed by atoms with E-state index in [4.69, 9.17) is 5.11 Å². The summed E-state index contributed by atoms with van der Waals surface area (Å²) in [5, 5.41) is 11.9. The molecule has 4 heteroatoms. The van der Waals surface area contributed by atoms with Crippen molar-refractivity contribution in [2.75, 3.05) is 0 Å². The molecule has 0 aromatic heterocycles. The SMILES string of the molecule is CCCC1CC1NC(=O)CCc1ccc(C(=O)O)cc1. The molecule has 1 aromatic carbocycles. The third-order valence-corrected chi connectivity index (χ3v) is 3.77. The van der Waals surface area contributed by atoms with Crippen LogP contribution in [0, 0.1) is 5.92 Å². The first-order valence-electron chi connectivity index (χ1n) is 7.21. The molecule has 0 saturated heterocycles. The lowest BCUT2D eigenvalue weighted by Crippen LogP contribution is -2.27. The Morgan fingerprint density at radius 1 is 1.30 bits per heavy atom. The van der Waals surface area contributed by atoms with E-state index >= 15 is 0 Å². The summed E-state index contributed by atoms with van der Waals surface area (Å²) < 4.78 is 0. The fourth-order valence-corrected chi connectivity index (χ4v) is 2.47. The summed E-state index contributed by atoms with van der Waals surface area (Å²) in [6.07, 6.45) is 4.60. The first kappa shape index (κ1) is 14.6. The van der Waals surface area contributed by atoms with Gasteiger partial charge in [-0.15, -0.1) is 0 Å². The van der Waals surface area contributed by atoms with Gasteiger partial charge in [0.25, 0.3) is 0 Å². The number of aryl methyl sites for hydroxylation is 1. The summed E-state index contributed by atoms with van der Waals surface area (Å²) in [5.41, 5.74) is 1.27. The number of nitrogens with one attached hydrogen (secondary N) is 1. The van der Waals surface area contributed by atoms with E-state index in [9.17, 15) is 9.59 Å². The molecule has 1 aromatic rings. The minimum atomic E-state index is -0.926. The Morgan fingerprint density at radius 2 is 2.00 bits per heavy atom. The van der Waals surface area contributed by atoms with Crippen LogP contribution in [0.25, 0.3) is 0 Å². The van der Waals surface area contributed by atoms with Crippen LogP contribution in [0.1, 0.15) is 48.5 Å². The van der Waals surface area contributed by atoms with Gasteiger partial charge in [-0.05, 0) is 42.9 Å². The number of hydrogen-bond acceptors (Lipinski definition) is 2. The lowest BCUT2D eigenvalue weighted by molar-refractivity contribution is -0.121. The lowest BCUT2D eigenvalue weighted by atomic mass is 10.1. The quantitative estimate of drug-likeness (QED) is 0.804. The maximum absolute atomic E-state index is 11.8. The number of carbonyl (C=O) groups is 2. The van der Waals surface area contributed by atoms with Gasteiger partial charge in [0.05, 0.1) is 5.56 Å². The number of carboxylic acid groups (broad SMARTS) is 1. The zero-order chi connectivity index (χ0) is 14.5. The molecule has 2 rings (SSSR count). The van der Waals surface area contributed by atoms with E-state index in [2.05, 4.69) is 12.2 Å². The van der Waals surface area contributed by atoms with Gasteiger partial charge in [0.15, 0.2) is 0 Å². The van der Waals surface area contributed by atoms with Gasteiger partial charge in [0, 0.05) is 12.5 Å². The zero-order valence-corrected chi connectivity index (χ0v) is 11.8. The van der Waals surface area contributed by atoms with E-state index in [-0.39, 0.29) is 11.5 Å². The second-order valence-electron chi connectivity index (χ2n) is 5.46. The number of amides is 1. The Balaban J connectivity index is 1.72. The van der Waals surface area contributed by atoms with Gasteiger partial charge in [-0.3, -0.25) is 4.79 Å². The smallest absolute Gasteiger partial charge is 0.335 e. The molecule has 1 amide bonds. The van der Waals surface area contributed by atoms with Gasteiger partial charge in [-0.25, -0.2) is 4.79 Å². The van der Waals surface area contributed by atoms with Crippen LogP contribution in [0.15, 0.2) is 24.3 Å². The molecule has 1 aliphatic carbocycles. The van der Waals surface area contributed by atoms with Crippen LogP contribution in [-0.2, 0) is 11.2 Å². The van der Waals surface area contributed by atoms with Crippen molar-refractivity contribution in [1.82, 2.24) is 5.32 Å². The van der Waals surface area contributed by atoms with E-state index in [0.717, 1.165) is 12.0 Å². The molecule has 4 nitrogen and oxygen atoms in total. The predicted molar refractivity (Wildman–Crippen MR) is 76.7 cm³/mol. The van der Waals surface area contributed by atoms with Crippen molar-refractivity contribution >= 4 is 11.9 Å². The molecular formula is C16H21NO3. The largest absolute Gasteiger partial charge is 0.478 e. The van der Waals surface area contributed by atoms with Gasteiger partial charge in [0.2, 0.25) is 5.91 Å². The molecule has 1 saturated carbocycles. The standard InChI is InChI=1S/C16H21NO3/c1-2-3-13-10-14(13)17-15(18)9-6-11-4-7-12(8-5-11)16(19)20/h4-5,7-8,13-14H,2-3,6,9-10H2,1H3,(H,17,18)(H,19,20). The zero-order valence-electron chi connectivity index (χ0n) is 11.8. The third kappa shape index (κ3) is 4.08. The number of rotatable bonds is 7. The van der Waals surface area contributed by atoms with Gasteiger partial charge in [0.1, 0.15) is 0 Å². The highest BCUT2D eigenvalue weighted by Crippen LogP contribution is 2.34. The Bertz CT molecular complexity index is 481. The lowest BCUT2D eigenvalue weighted by Gasteiger charge is -2.05. The van der Waals surface area contributed by atoms with Crippen LogP contribution in [0.2, 0.25) is 0 Å². The van der Waals surface area contributed by atoms with Gasteiger partial charge in [-0.2, -0.15) is 0 Å². The summed E-state index contributed by atoms with van der Waals surface area (Å²) >= 11 is 0. The van der Waals surface area contributed by atoms with Gasteiger partial charge >= 0.3 is 5.97 Å². The average Bonchev–Trinajstić information content (AvgIpc) is 3.15. The Kier molecular flexibility index (Phi) is 4.77. The molecule has 2 unspecified atom stereocenters. The minimum Gasteiger partial charge on any atom is -0.478 e. The number of benzene rings is 1. The van der Waals surface area contributed by atoms with E-state index in [1.807, 2.05) is 0 Å². The van der Waals surface area contributed by atoms with Crippen LogP contribution in [-0.4, -0.2) is 23.0 Å². The molecule has 0 aliphatic heterocycles. The highest BCUT2D eigenvalue weighted by molar-refractivity contribution is 5.87. The van der Waals surface area contributed by atoms with Crippen LogP contribution in [0.4, 0.5) is 0 Å². The summed E-state index contributed by atoms with van der Waals surface area (Å²) in [7, 11) is 0. The van der Waals surface area contributed by atoms with Crippen molar-refractivity contribution < 1.29 is 14.7 Å². The molecule has 2 atom stereocenters. The van der Waals surface area contributed by atoms with Crippen LogP contribution in [0.3, 0.4) is 0 Å². The summed E-state index contributed by atoms with van der Waals surface area (Å²) in [5.74, 6) is -0.153. The Labute approximate surface area is 119 Å². The number of aromatic carboxylic acids is 1. The highest BCUT2D eigenvalue weighted by atomic mass is 16.4. The van der Waals surface area contributed by atoms with Gasteiger partial charge < -0.3 is 10.4 Å². The van der Waals surface area contributed by atoms with Crippen LogP contribution in [0.5, 0.6) is 0 Å². The average molecular weight is 275 g/mol. The molecule has 0 heterocycles. The molecule has 2 N–H and O–H groups in total. The van der Waals surface area contributed by atoms with Crippen LogP contribution < -0.4 is 5.32 Å². The molecule has 108 valence electrons. The molecule has 20 heavy (non-hydrogen) atoms. The molecular weight excluding hydrogens is 254 g/mol. The van der Waals surface area contributed by atoms with Crippen molar-refractivity contribution in [3.63, 3.8) is 0 Å². The highest BCUT2D eigenvalue weighted by Gasteiger charge is 2.36. The second kappa shape index (κ2) is 6.55. The second-order valence-corrected chi connectivity index (χ2v) is 5.46. The first-order chi connectivity index (χ1) is 9.60. The Morgan fingerprint density at radius 3 is 2.60 bits per heavy atom. The summed E-state index contributed by atoms with van der Waals surface area (Å²) in [4.78, 5) is 22.5. The molecule has 0 bridgehead atoms.